The van der Waals surface area contributed by atoms with Crippen LogP contribution in [0.4, 0.5) is 8.78 Å². The molecule has 1 aliphatic rings. The molecular weight excluding hydrogens is 378 g/mol. The lowest BCUT2D eigenvalue weighted by Crippen LogP contribution is -2.24. The molecule has 0 saturated heterocycles. The van der Waals surface area contributed by atoms with Gasteiger partial charge in [0.1, 0.15) is 5.82 Å². The molecule has 0 radical (unpaired) electrons. The molecule has 10 heteroatoms. The van der Waals surface area contributed by atoms with Crippen LogP contribution in [0.25, 0.3) is 0 Å². The van der Waals surface area contributed by atoms with Gasteiger partial charge in [-0.15, -0.1) is 10.2 Å². The summed E-state index contributed by atoms with van der Waals surface area (Å²) in [6.45, 7) is -0.772. The van der Waals surface area contributed by atoms with Crippen LogP contribution in [-0.2, 0) is 11.3 Å². The molecule has 1 aromatic heterocycles. The summed E-state index contributed by atoms with van der Waals surface area (Å²) in [4.78, 5) is 12.1. The van der Waals surface area contributed by atoms with E-state index in [0.717, 1.165) is 23.8 Å². The minimum Gasteiger partial charge on any atom is -0.493 e. The van der Waals surface area contributed by atoms with E-state index in [4.69, 9.17) is 4.74 Å². The van der Waals surface area contributed by atoms with Gasteiger partial charge in [0.2, 0.25) is 5.91 Å². The lowest BCUT2D eigenvalue weighted by Gasteiger charge is -2.12. The smallest absolute Gasteiger partial charge is 0.387 e. The summed E-state index contributed by atoms with van der Waals surface area (Å²) < 4.78 is 36.2. The fourth-order valence-electron chi connectivity index (χ4n) is 2.60. The van der Waals surface area contributed by atoms with E-state index in [2.05, 4.69) is 24.8 Å². The average Bonchev–Trinajstić information content (AvgIpc) is 3.41. The summed E-state index contributed by atoms with van der Waals surface area (Å²) in [5.41, 5.74) is 0.712. The summed E-state index contributed by atoms with van der Waals surface area (Å²) in [5.74, 6) is 1.06. The maximum Gasteiger partial charge on any atom is 0.387 e. The number of ether oxygens (including phenoxy) is 2. The molecule has 0 bridgehead atoms. The van der Waals surface area contributed by atoms with Crippen molar-refractivity contribution in [3.05, 3.63) is 29.6 Å². The highest BCUT2D eigenvalue weighted by Crippen LogP contribution is 2.38. The van der Waals surface area contributed by atoms with Crippen molar-refractivity contribution in [2.24, 2.45) is 0 Å². The lowest BCUT2D eigenvalue weighted by molar-refractivity contribution is -0.118. The highest BCUT2D eigenvalue weighted by Gasteiger charge is 2.28. The second kappa shape index (κ2) is 8.55. The van der Waals surface area contributed by atoms with Crippen molar-refractivity contribution in [2.75, 3.05) is 12.9 Å². The highest BCUT2D eigenvalue weighted by molar-refractivity contribution is 7.99. The van der Waals surface area contributed by atoms with Crippen molar-refractivity contribution in [2.45, 2.75) is 44.1 Å². The van der Waals surface area contributed by atoms with Gasteiger partial charge in [0.15, 0.2) is 16.7 Å². The number of hydrogen-bond acceptors (Lipinski definition) is 6. The number of amides is 1. The van der Waals surface area contributed by atoms with E-state index in [9.17, 15) is 13.6 Å². The van der Waals surface area contributed by atoms with Crippen molar-refractivity contribution >= 4 is 17.7 Å². The Morgan fingerprint density at radius 2 is 2.15 bits per heavy atom. The first-order valence-electron chi connectivity index (χ1n) is 8.40. The van der Waals surface area contributed by atoms with E-state index in [1.54, 1.807) is 12.1 Å². The Morgan fingerprint density at radius 3 is 2.81 bits per heavy atom. The molecular formula is C17H20F2N4O3S. The van der Waals surface area contributed by atoms with Crippen molar-refractivity contribution in [3.63, 3.8) is 0 Å². The molecule has 0 spiro atoms. The second-order valence-electron chi connectivity index (χ2n) is 6.06. The van der Waals surface area contributed by atoms with Crippen LogP contribution in [0.3, 0.4) is 0 Å². The summed E-state index contributed by atoms with van der Waals surface area (Å²) in [6, 6.07) is 4.99. The molecule has 1 N–H and O–H groups in total. The first-order valence-corrected chi connectivity index (χ1v) is 9.39. The number of carbonyl (C=O) groups excluding carboxylic acids is 1. The molecule has 1 aliphatic carbocycles. The number of rotatable bonds is 9. The summed E-state index contributed by atoms with van der Waals surface area (Å²) in [5, 5.41) is 11.7. The standard InChI is InChI=1S/C17H20F2N4O3S/c1-10-21-22-17(23(10)12-4-5-12)27-9-15(24)20-8-11-3-6-13(26-16(18)19)14(7-11)25-2/h3,6-7,12,16H,4-5,8-9H2,1-2H3,(H,20,24). The Labute approximate surface area is 159 Å². The molecule has 146 valence electrons. The summed E-state index contributed by atoms with van der Waals surface area (Å²) >= 11 is 1.35. The third kappa shape index (κ3) is 5.09. The fourth-order valence-corrected chi connectivity index (χ4v) is 3.48. The molecule has 0 unspecified atom stereocenters. The highest BCUT2D eigenvalue weighted by atomic mass is 32.2. The molecule has 1 heterocycles. The van der Waals surface area contributed by atoms with Crippen molar-refractivity contribution in [3.8, 4) is 11.5 Å². The molecule has 1 aromatic carbocycles. The van der Waals surface area contributed by atoms with Crippen molar-refractivity contribution < 1.29 is 23.0 Å². The molecule has 1 fully saturated rings. The second-order valence-corrected chi connectivity index (χ2v) is 7.00. The maximum absolute atomic E-state index is 12.4. The SMILES string of the molecule is COc1cc(CNC(=O)CSc2nnc(C)n2C2CC2)ccc1OC(F)F. The maximum atomic E-state index is 12.4. The zero-order valence-corrected chi connectivity index (χ0v) is 15.8. The van der Waals surface area contributed by atoms with Gasteiger partial charge >= 0.3 is 6.61 Å². The Morgan fingerprint density at radius 1 is 1.37 bits per heavy atom. The Hall–Kier alpha value is -2.36. The van der Waals surface area contributed by atoms with E-state index in [-0.39, 0.29) is 29.7 Å². The van der Waals surface area contributed by atoms with Crippen LogP contribution in [0.15, 0.2) is 23.4 Å². The van der Waals surface area contributed by atoms with E-state index in [1.807, 2.05) is 6.92 Å². The number of alkyl halides is 2. The van der Waals surface area contributed by atoms with Crippen LogP contribution < -0.4 is 14.8 Å². The van der Waals surface area contributed by atoms with Gasteiger partial charge in [0, 0.05) is 12.6 Å². The zero-order valence-electron chi connectivity index (χ0n) is 14.9. The number of methoxy groups -OCH3 is 1. The van der Waals surface area contributed by atoms with Gasteiger partial charge in [0.05, 0.1) is 12.9 Å². The summed E-state index contributed by atoms with van der Waals surface area (Å²) in [6.07, 6.45) is 2.23. The Bertz CT molecular complexity index is 811. The molecule has 27 heavy (non-hydrogen) atoms. The number of nitrogens with one attached hydrogen (secondary N) is 1. The van der Waals surface area contributed by atoms with Crippen LogP contribution in [0.1, 0.15) is 30.3 Å². The van der Waals surface area contributed by atoms with Crippen LogP contribution in [0, 0.1) is 6.92 Å². The predicted octanol–water partition coefficient (Wildman–Crippen LogP) is 2.94. The van der Waals surface area contributed by atoms with Gasteiger partial charge in [-0.2, -0.15) is 8.78 Å². The summed E-state index contributed by atoms with van der Waals surface area (Å²) in [7, 11) is 1.37. The predicted molar refractivity (Wildman–Crippen MR) is 95.2 cm³/mol. The van der Waals surface area contributed by atoms with E-state index in [1.165, 1.54) is 24.9 Å². The monoisotopic (exact) mass is 398 g/mol. The number of halogens is 2. The topological polar surface area (TPSA) is 78.3 Å². The van der Waals surface area contributed by atoms with Crippen LogP contribution in [0.2, 0.25) is 0 Å². The minimum absolute atomic E-state index is 0.0482. The van der Waals surface area contributed by atoms with Gasteiger partial charge < -0.3 is 19.4 Å². The zero-order chi connectivity index (χ0) is 19.4. The average molecular weight is 398 g/mol. The van der Waals surface area contributed by atoms with E-state index >= 15 is 0 Å². The number of aryl methyl sites for hydroxylation is 1. The van der Waals surface area contributed by atoms with Crippen LogP contribution in [-0.4, -0.2) is 40.1 Å². The van der Waals surface area contributed by atoms with Gasteiger partial charge in [-0.1, -0.05) is 17.8 Å². The van der Waals surface area contributed by atoms with Gasteiger partial charge in [0.25, 0.3) is 0 Å². The molecule has 2 aromatic rings. The number of carbonyl (C=O) groups is 1. The quantitative estimate of drug-likeness (QED) is 0.655. The molecule has 7 nitrogen and oxygen atoms in total. The first-order chi connectivity index (χ1) is 13.0. The largest absolute Gasteiger partial charge is 0.493 e. The first kappa shape index (κ1) is 19.4. The number of aromatic nitrogens is 3. The van der Waals surface area contributed by atoms with Crippen molar-refractivity contribution in [1.82, 2.24) is 20.1 Å². The number of nitrogens with zero attached hydrogens (tertiary/aromatic N) is 3. The Kier molecular flexibility index (Phi) is 6.15. The lowest BCUT2D eigenvalue weighted by atomic mass is 10.2. The molecule has 1 amide bonds. The molecule has 1 saturated carbocycles. The third-order valence-corrected chi connectivity index (χ3v) is 4.96. The van der Waals surface area contributed by atoms with Crippen LogP contribution in [0.5, 0.6) is 11.5 Å². The van der Waals surface area contributed by atoms with Gasteiger partial charge in [-0.25, -0.2) is 0 Å². The van der Waals surface area contributed by atoms with E-state index in [0.29, 0.717) is 11.6 Å². The van der Waals surface area contributed by atoms with Gasteiger partial charge in [-0.3, -0.25) is 4.79 Å². The molecule has 0 aliphatic heterocycles. The third-order valence-electron chi connectivity index (χ3n) is 4.01. The number of hydrogen-bond donors (Lipinski definition) is 1. The van der Waals surface area contributed by atoms with Crippen molar-refractivity contribution in [1.29, 1.82) is 0 Å². The molecule has 0 atom stereocenters. The normalized spacial score (nSPS) is 13.7. The van der Waals surface area contributed by atoms with Gasteiger partial charge in [-0.05, 0) is 37.5 Å². The van der Waals surface area contributed by atoms with E-state index < -0.39 is 6.61 Å². The molecule has 3 rings (SSSR count). The minimum atomic E-state index is -2.93. The number of thioether (sulfide) groups is 1. The van der Waals surface area contributed by atoms with Crippen LogP contribution >= 0.6 is 11.8 Å². The fraction of sp³-hybridized carbons (Fsp3) is 0.471. The Balaban J connectivity index is 1.52. The number of benzene rings is 1.